The second kappa shape index (κ2) is 6.79. The van der Waals surface area contributed by atoms with Crippen LogP contribution in [0, 0.1) is 6.92 Å². The number of furan rings is 1. The van der Waals surface area contributed by atoms with E-state index in [-0.39, 0.29) is 11.9 Å². The Morgan fingerprint density at radius 2 is 2.09 bits per heavy atom. The highest BCUT2D eigenvalue weighted by Gasteiger charge is 2.30. The third kappa shape index (κ3) is 3.22. The molecule has 2 aromatic rings. The summed E-state index contributed by atoms with van der Waals surface area (Å²) in [6, 6.07) is 12.2. The van der Waals surface area contributed by atoms with Gasteiger partial charge in [-0.1, -0.05) is 30.3 Å². The van der Waals surface area contributed by atoms with Crippen LogP contribution in [0.25, 0.3) is 0 Å². The normalized spacial score (nSPS) is 17.6. The molecular formula is C18H21NO3. The maximum Gasteiger partial charge on any atom is 0.290 e. The van der Waals surface area contributed by atoms with Gasteiger partial charge in [0.25, 0.3) is 5.91 Å². The van der Waals surface area contributed by atoms with E-state index < -0.39 is 0 Å². The largest absolute Gasteiger partial charge is 0.459 e. The van der Waals surface area contributed by atoms with Crippen molar-refractivity contribution in [1.29, 1.82) is 0 Å². The summed E-state index contributed by atoms with van der Waals surface area (Å²) in [6.07, 6.45) is 3.30. The lowest BCUT2D eigenvalue weighted by atomic mass is 10.1. The summed E-state index contributed by atoms with van der Waals surface area (Å²) < 4.78 is 10.8. The average Bonchev–Trinajstić information content (AvgIpc) is 3.20. The van der Waals surface area contributed by atoms with E-state index in [2.05, 4.69) is 12.1 Å². The highest BCUT2D eigenvalue weighted by atomic mass is 16.5. The van der Waals surface area contributed by atoms with Crippen molar-refractivity contribution in [2.24, 2.45) is 0 Å². The Hall–Kier alpha value is -2.07. The first-order chi connectivity index (χ1) is 10.8. The lowest BCUT2D eigenvalue weighted by Crippen LogP contribution is -2.42. The van der Waals surface area contributed by atoms with Gasteiger partial charge in [0, 0.05) is 18.7 Å². The fourth-order valence-corrected chi connectivity index (χ4v) is 2.83. The summed E-state index contributed by atoms with van der Waals surface area (Å²) in [5, 5.41) is 0. The number of carbonyl (C=O) groups excluding carboxylic acids is 1. The Labute approximate surface area is 130 Å². The molecule has 1 aromatic carbocycles. The molecular weight excluding hydrogens is 278 g/mol. The molecule has 4 heteroatoms. The van der Waals surface area contributed by atoms with Crippen molar-refractivity contribution in [3.63, 3.8) is 0 Å². The SMILES string of the molecule is Cc1ccoc1C(=O)N(CCc1ccccc1)[C@@H]1CCOC1. The standard InChI is InChI=1S/C18H21NO3/c1-14-8-12-22-17(14)18(20)19(16-9-11-21-13-16)10-7-15-5-3-2-4-6-15/h2-6,8,12,16H,7,9-11,13H2,1H3/t16-/m1/s1. The summed E-state index contributed by atoms with van der Waals surface area (Å²) in [5.74, 6) is 0.411. The van der Waals surface area contributed by atoms with Crippen molar-refractivity contribution in [3.8, 4) is 0 Å². The third-order valence-corrected chi connectivity index (χ3v) is 4.15. The highest BCUT2D eigenvalue weighted by molar-refractivity contribution is 5.93. The summed E-state index contributed by atoms with van der Waals surface area (Å²) >= 11 is 0. The predicted molar refractivity (Wildman–Crippen MR) is 83.9 cm³/mol. The lowest BCUT2D eigenvalue weighted by Gasteiger charge is -2.27. The lowest BCUT2D eigenvalue weighted by molar-refractivity contribution is 0.0623. The first kappa shape index (κ1) is 14.9. The van der Waals surface area contributed by atoms with E-state index in [4.69, 9.17) is 9.15 Å². The zero-order valence-electron chi connectivity index (χ0n) is 12.8. The van der Waals surface area contributed by atoms with Crippen LogP contribution < -0.4 is 0 Å². The number of benzene rings is 1. The van der Waals surface area contributed by atoms with Gasteiger partial charge < -0.3 is 14.1 Å². The maximum atomic E-state index is 12.8. The molecule has 2 heterocycles. The van der Waals surface area contributed by atoms with Gasteiger partial charge in [-0.2, -0.15) is 0 Å². The number of hydrogen-bond acceptors (Lipinski definition) is 3. The van der Waals surface area contributed by atoms with Gasteiger partial charge in [0.1, 0.15) is 0 Å². The van der Waals surface area contributed by atoms with Crippen LogP contribution in [-0.2, 0) is 11.2 Å². The molecule has 1 saturated heterocycles. The van der Waals surface area contributed by atoms with Crippen LogP contribution in [0.5, 0.6) is 0 Å². The van der Waals surface area contributed by atoms with Gasteiger partial charge in [-0.3, -0.25) is 4.79 Å². The van der Waals surface area contributed by atoms with Crippen molar-refractivity contribution in [2.45, 2.75) is 25.8 Å². The van der Waals surface area contributed by atoms with Crippen LogP contribution in [0.1, 0.15) is 28.1 Å². The number of hydrogen-bond donors (Lipinski definition) is 0. The quantitative estimate of drug-likeness (QED) is 0.852. The zero-order valence-corrected chi connectivity index (χ0v) is 12.8. The van der Waals surface area contributed by atoms with Crippen LogP contribution in [0.3, 0.4) is 0 Å². The third-order valence-electron chi connectivity index (χ3n) is 4.15. The highest BCUT2D eigenvalue weighted by Crippen LogP contribution is 2.19. The Kier molecular flexibility index (Phi) is 4.59. The van der Waals surface area contributed by atoms with Crippen molar-refractivity contribution in [1.82, 2.24) is 4.90 Å². The number of ether oxygens (including phenoxy) is 1. The van der Waals surface area contributed by atoms with Gasteiger partial charge in [-0.15, -0.1) is 0 Å². The van der Waals surface area contributed by atoms with Gasteiger partial charge >= 0.3 is 0 Å². The molecule has 0 N–H and O–H groups in total. The van der Waals surface area contributed by atoms with Crippen LogP contribution in [0.4, 0.5) is 0 Å². The predicted octanol–water partition coefficient (Wildman–Crippen LogP) is 3.06. The summed E-state index contributed by atoms with van der Waals surface area (Å²) in [5.41, 5.74) is 2.11. The monoisotopic (exact) mass is 299 g/mol. The Morgan fingerprint density at radius 3 is 2.73 bits per heavy atom. The van der Waals surface area contributed by atoms with Gasteiger partial charge in [0.2, 0.25) is 0 Å². The molecule has 0 saturated carbocycles. The van der Waals surface area contributed by atoms with E-state index >= 15 is 0 Å². The molecule has 4 nitrogen and oxygen atoms in total. The molecule has 1 amide bonds. The minimum Gasteiger partial charge on any atom is -0.459 e. The van der Waals surface area contributed by atoms with Crippen LogP contribution in [0.15, 0.2) is 47.1 Å². The Bertz CT molecular complexity index is 614. The molecule has 0 unspecified atom stereocenters. The fraction of sp³-hybridized carbons (Fsp3) is 0.389. The van der Waals surface area contributed by atoms with Gasteiger partial charge in [0.15, 0.2) is 5.76 Å². The summed E-state index contributed by atoms with van der Waals surface area (Å²) in [4.78, 5) is 14.7. The van der Waals surface area contributed by atoms with Crippen molar-refractivity contribution in [2.75, 3.05) is 19.8 Å². The molecule has 0 spiro atoms. The fourth-order valence-electron chi connectivity index (χ4n) is 2.83. The molecule has 0 radical (unpaired) electrons. The van der Waals surface area contributed by atoms with E-state index in [1.165, 1.54) is 5.56 Å². The van der Waals surface area contributed by atoms with Gasteiger partial charge in [0.05, 0.1) is 18.9 Å². The number of rotatable bonds is 5. The van der Waals surface area contributed by atoms with E-state index in [0.29, 0.717) is 18.9 Å². The summed E-state index contributed by atoms with van der Waals surface area (Å²) in [7, 11) is 0. The number of carbonyl (C=O) groups is 1. The minimum atomic E-state index is -0.0334. The maximum absolute atomic E-state index is 12.8. The molecule has 1 aliphatic rings. The average molecular weight is 299 g/mol. The van der Waals surface area contributed by atoms with Gasteiger partial charge in [-0.25, -0.2) is 0 Å². The first-order valence-electron chi connectivity index (χ1n) is 7.72. The van der Waals surface area contributed by atoms with E-state index in [1.807, 2.05) is 36.1 Å². The molecule has 1 aliphatic heterocycles. The minimum absolute atomic E-state index is 0.0334. The molecule has 0 bridgehead atoms. The van der Waals surface area contributed by atoms with Crippen LogP contribution in [-0.4, -0.2) is 36.6 Å². The number of amides is 1. The van der Waals surface area contributed by atoms with Crippen LogP contribution in [0.2, 0.25) is 0 Å². The molecule has 1 fully saturated rings. The van der Waals surface area contributed by atoms with E-state index in [1.54, 1.807) is 6.26 Å². The second-order valence-corrected chi connectivity index (χ2v) is 5.68. The number of nitrogens with zero attached hydrogens (tertiary/aromatic N) is 1. The molecule has 22 heavy (non-hydrogen) atoms. The Balaban J connectivity index is 1.75. The number of aryl methyl sites for hydroxylation is 1. The van der Waals surface area contributed by atoms with E-state index in [9.17, 15) is 4.79 Å². The molecule has 3 rings (SSSR count). The molecule has 0 aliphatic carbocycles. The molecule has 1 aromatic heterocycles. The molecule has 1 atom stereocenters. The van der Waals surface area contributed by atoms with Gasteiger partial charge in [-0.05, 0) is 31.4 Å². The van der Waals surface area contributed by atoms with Crippen LogP contribution >= 0.6 is 0 Å². The Morgan fingerprint density at radius 1 is 1.27 bits per heavy atom. The van der Waals surface area contributed by atoms with E-state index in [0.717, 1.165) is 25.0 Å². The smallest absolute Gasteiger partial charge is 0.290 e. The van der Waals surface area contributed by atoms with Crippen molar-refractivity contribution in [3.05, 3.63) is 59.5 Å². The van der Waals surface area contributed by atoms with Crippen molar-refractivity contribution >= 4 is 5.91 Å². The topological polar surface area (TPSA) is 42.7 Å². The zero-order chi connectivity index (χ0) is 15.4. The molecule has 116 valence electrons. The first-order valence-corrected chi connectivity index (χ1v) is 7.72. The van der Waals surface area contributed by atoms with Crippen molar-refractivity contribution < 1.29 is 13.9 Å². The summed E-state index contributed by atoms with van der Waals surface area (Å²) in [6.45, 7) is 3.91. The second-order valence-electron chi connectivity index (χ2n) is 5.68.